The maximum atomic E-state index is 9.17. The lowest BCUT2D eigenvalue weighted by Gasteiger charge is -1.98. The summed E-state index contributed by atoms with van der Waals surface area (Å²) in [7, 11) is 0. The van der Waals surface area contributed by atoms with Crippen molar-refractivity contribution < 1.29 is 5.11 Å². The van der Waals surface area contributed by atoms with Gasteiger partial charge in [0.2, 0.25) is 0 Å². The smallest absolute Gasteiger partial charge is 0.137 e. The van der Waals surface area contributed by atoms with Crippen molar-refractivity contribution in [2.75, 3.05) is 6.26 Å². The van der Waals surface area contributed by atoms with Crippen LogP contribution in [-0.4, -0.2) is 16.3 Å². The minimum absolute atomic E-state index is 0.289. The van der Waals surface area contributed by atoms with Crippen LogP contribution in [0.25, 0.3) is 0 Å². The van der Waals surface area contributed by atoms with E-state index in [2.05, 4.69) is 4.98 Å². The Bertz CT molecular complexity index is 215. The second kappa shape index (κ2) is 3.46. The highest BCUT2D eigenvalue weighted by molar-refractivity contribution is 7.97. The Balaban J connectivity index is 2.81. The van der Waals surface area contributed by atoms with E-state index < -0.39 is 0 Å². The van der Waals surface area contributed by atoms with Crippen LogP contribution in [0.5, 0.6) is 5.75 Å². The van der Waals surface area contributed by atoms with Gasteiger partial charge in [-0.1, -0.05) is 0 Å². The van der Waals surface area contributed by atoms with Gasteiger partial charge in [0.15, 0.2) is 0 Å². The Hall–Kier alpha value is -0.700. The minimum Gasteiger partial charge on any atom is -0.506 e. The number of thioether (sulfide) groups is 1. The van der Waals surface area contributed by atoms with Gasteiger partial charge in [0.1, 0.15) is 5.75 Å². The molecule has 1 N–H and O–H groups in total. The van der Waals surface area contributed by atoms with E-state index in [1.165, 1.54) is 6.20 Å². The third-order valence-electron chi connectivity index (χ3n) is 1.19. The molecule has 1 heterocycles. The Kier molecular flexibility index (Phi) is 2.57. The van der Waals surface area contributed by atoms with Crippen LogP contribution in [0, 0.1) is 0 Å². The molecule has 0 saturated carbocycles. The molecule has 0 aliphatic heterocycles. The van der Waals surface area contributed by atoms with E-state index in [1.807, 2.05) is 12.3 Å². The second-order valence-corrected chi connectivity index (χ2v) is 2.80. The maximum absolute atomic E-state index is 9.17. The molecule has 0 aliphatic rings. The van der Waals surface area contributed by atoms with Crippen LogP contribution >= 0.6 is 11.8 Å². The summed E-state index contributed by atoms with van der Waals surface area (Å²) in [6.45, 7) is 0. The van der Waals surface area contributed by atoms with E-state index >= 15 is 0 Å². The zero-order valence-electron chi connectivity index (χ0n) is 5.74. The number of nitrogens with zero attached hydrogens (tertiary/aromatic N) is 1. The lowest BCUT2D eigenvalue weighted by molar-refractivity contribution is 0.468. The van der Waals surface area contributed by atoms with Crippen molar-refractivity contribution in [3.8, 4) is 5.75 Å². The van der Waals surface area contributed by atoms with Crippen LogP contribution < -0.4 is 0 Å². The van der Waals surface area contributed by atoms with Crippen molar-refractivity contribution >= 4 is 11.8 Å². The van der Waals surface area contributed by atoms with E-state index in [4.69, 9.17) is 5.11 Å². The van der Waals surface area contributed by atoms with Gasteiger partial charge in [-0.25, -0.2) is 0 Å². The molecular weight excluding hydrogens is 146 g/mol. The van der Waals surface area contributed by atoms with E-state index in [0.717, 1.165) is 11.3 Å². The summed E-state index contributed by atoms with van der Waals surface area (Å²) < 4.78 is 0. The van der Waals surface area contributed by atoms with Crippen LogP contribution in [0.1, 0.15) is 5.56 Å². The quantitative estimate of drug-likeness (QED) is 0.705. The molecule has 1 aromatic rings. The summed E-state index contributed by atoms with van der Waals surface area (Å²) in [4.78, 5) is 3.77. The van der Waals surface area contributed by atoms with E-state index in [-0.39, 0.29) is 5.75 Å². The fraction of sp³-hybridized carbons (Fsp3) is 0.286. The molecule has 1 rings (SSSR count). The molecule has 0 amide bonds. The van der Waals surface area contributed by atoms with E-state index in [1.54, 1.807) is 18.0 Å². The number of hydrogen-bond donors (Lipinski definition) is 1. The topological polar surface area (TPSA) is 33.1 Å². The van der Waals surface area contributed by atoms with E-state index in [0.29, 0.717) is 0 Å². The first-order valence-corrected chi connectivity index (χ1v) is 4.35. The van der Waals surface area contributed by atoms with Crippen LogP contribution in [0.4, 0.5) is 0 Å². The van der Waals surface area contributed by atoms with Crippen molar-refractivity contribution in [1.29, 1.82) is 0 Å². The highest BCUT2D eigenvalue weighted by Gasteiger charge is 1.96. The molecule has 1 aromatic heterocycles. The van der Waals surface area contributed by atoms with Gasteiger partial charge < -0.3 is 5.11 Å². The van der Waals surface area contributed by atoms with Crippen molar-refractivity contribution in [2.24, 2.45) is 0 Å². The predicted octanol–water partition coefficient (Wildman–Crippen LogP) is 1.65. The second-order valence-electron chi connectivity index (χ2n) is 1.94. The Morgan fingerprint density at radius 2 is 2.50 bits per heavy atom. The third kappa shape index (κ3) is 1.64. The van der Waals surface area contributed by atoms with Gasteiger partial charge in [0.25, 0.3) is 0 Å². The summed E-state index contributed by atoms with van der Waals surface area (Å²) in [6.07, 6.45) is 5.15. The lowest BCUT2D eigenvalue weighted by Crippen LogP contribution is -1.81. The zero-order chi connectivity index (χ0) is 7.40. The molecule has 0 spiro atoms. The average molecular weight is 155 g/mol. The predicted molar refractivity (Wildman–Crippen MR) is 43.1 cm³/mol. The summed E-state index contributed by atoms with van der Waals surface area (Å²) in [5, 5.41) is 9.17. The molecule has 0 aromatic carbocycles. The van der Waals surface area contributed by atoms with Crippen molar-refractivity contribution in [2.45, 2.75) is 5.75 Å². The largest absolute Gasteiger partial charge is 0.506 e. The fourth-order valence-electron chi connectivity index (χ4n) is 0.692. The van der Waals surface area contributed by atoms with Crippen molar-refractivity contribution in [1.82, 2.24) is 4.98 Å². The van der Waals surface area contributed by atoms with Crippen LogP contribution in [0.2, 0.25) is 0 Å². The first kappa shape index (κ1) is 7.41. The fourth-order valence-corrected chi connectivity index (χ4v) is 1.25. The molecule has 10 heavy (non-hydrogen) atoms. The van der Waals surface area contributed by atoms with Gasteiger partial charge in [-0.15, -0.1) is 0 Å². The van der Waals surface area contributed by atoms with Gasteiger partial charge in [0.05, 0.1) is 6.20 Å². The Morgan fingerprint density at radius 3 is 3.10 bits per heavy atom. The number of rotatable bonds is 2. The summed E-state index contributed by atoms with van der Waals surface area (Å²) in [6, 6.07) is 1.83. The Labute approximate surface area is 64.3 Å². The molecule has 0 aliphatic carbocycles. The SMILES string of the molecule is CSCc1ccncc1O. The zero-order valence-corrected chi connectivity index (χ0v) is 6.56. The molecule has 2 nitrogen and oxygen atoms in total. The normalized spacial score (nSPS) is 9.70. The lowest BCUT2D eigenvalue weighted by atomic mass is 10.3. The number of aromatic nitrogens is 1. The van der Waals surface area contributed by atoms with Crippen LogP contribution in [0.15, 0.2) is 18.5 Å². The highest BCUT2D eigenvalue weighted by Crippen LogP contribution is 2.18. The molecule has 0 atom stereocenters. The first-order chi connectivity index (χ1) is 4.84. The van der Waals surface area contributed by atoms with Crippen LogP contribution in [-0.2, 0) is 5.75 Å². The number of hydrogen-bond acceptors (Lipinski definition) is 3. The third-order valence-corrected chi connectivity index (χ3v) is 1.79. The van der Waals surface area contributed by atoms with E-state index in [9.17, 15) is 0 Å². The van der Waals surface area contributed by atoms with Gasteiger partial charge in [-0.05, 0) is 12.3 Å². The summed E-state index contributed by atoms with van der Waals surface area (Å²) in [5.41, 5.74) is 0.947. The molecule has 54 valence electrons. The van der Waals surface area contributed by atoms with Crippen molar-refractivity contribution in [3.63, 3.8) is 0 Å². The van der Waals surface area contributed by atoms with Crippen LogP contribution in [0.3, 0.4) is 0 Å². The molecule has 0 radical (unpaired) electrons. The number of pyridine rings is 1. The molecule has 0 saturated heterocycles. The van der Waals surface area contributed by atoms with Crippen molar-refractivity contribution in [3.05, 3.63) is 24.0 Å². The first-order valence-electron chi connectivity index (χ1n) is 2.95. The van der Waals surface area contributed by atoms with Gasteiger partial charge in [-0.3, -0.25) is 4.98 Å². The van der Waals surface area contributed by atoms with Gasteiger partial charge in [0, 0.05) is 17.5 Å². The Morgan fingerprint density at radius 1 is 1.70 bits per heavy atom. The molecule has 3 heteroatoms. The molecule has 0 fully saturated rings. The molecular formula is C7H9NOS. The monoisotopic (exact) mass is 155 g/mol. The molecule has 0 unspecified atom stereocenters. The van der Waals surface area contributed by atoms with Gasteiger partial charge >= 0.3 is 0 Å². The van der Waals surface area contributed by atoms with Gasteiger partial charge in [-0.2, -0.15) is 11.8 Å². The summed E-state index contributed by atoms with van der Waals surface area (Å²) >= 11 is 1.68. The standard InChI is InChI=1S/C7H9NOS/c1-10-5-6-2-3-8-4-7(6)9/h2-4,9H,5H2,1H3. The summed E-state index contributed by atoms with van der Waals surface area (Å²) in [5.74, 6) is 1.13. The number of aromatic hydroxyl groups is 1. The maximum Gasteiger partial charge on any atom is 0.137 e. The highest BCUT2D eigenvalue weighted by atomic mass is 32.2. The molecule has 0 bridgehead atoms. The average Bonchev–Trinajstić information content (AvgIpc) is 1.94. The minimum atomic E-state index is 0.289.